The van der Waals surface area contributed by atoms with Crippen LogP contribution in [-0.4, -0.2) is 35.3 Å². The summed E-state index contributed by atoms with van der Waals surface area (Å²) in [6.45, 7) is 5.13. The van der Waals surface area contributed by atoms with Crippen molar-refractivity contribution in [2.24, 2.45) is 11.0 Å². The molecule has 0 bridgehead atoms. The highest BCUT2D eigenvalue weighted by Crippen LogP contribution is 2.31. The lowest BCUT2D eigenvalue weighted by Gasteiger charge is -2.25. The minimum Gasteiger partial charge on any atom is -0.464 e. The van der Waals surface area contributed by atoms with E-state index < -0.39 is 34.4 Å². The van der Waals surface area contributed by atoms with Gasteiger partial charge in [0.1, 0.15) is 11.5 Å². The molecular weight excluding hydrogens is 330 g/mol. The Bertz CT molecular complexity index is 720. The van der Waals surface area contributed by atoms with Crippen LogP contribution in [0, 0.1) is 16.0 Å². The normalized spacial score (nSPS) is 19.6. The maximum atomic E-state index is 12.6. The Labute approximate surface area is 144 Å². The number of benzene rings is 1. The number of nitro benzene ring substituents is 1. The van der Waals surface area contributed by atoms with E-state index in [0.717, 1.165) is 0 Å². The van der Waals surface area contributed by atoms with Gasteiger partial charge in [-0.3, -0.25) is 14.9 Å². The van der Waals surface area contributed by atoms with Crippen LogP contribution in [0.1, 0.15) is 32.4 Å². The first kappa shape index (κ1) is 18.4. The second-order valence-corrected chi connectivity index (χ2v) is 6.46. The molecular formula is C16H19N3O6. The zero-order chi connectivity index (χ0) is 18.8. The Morgan fingerprint density at radius 1 is 1.24 bits per heavy atom. The van der Waals surface area contributed by atoms with Gasteiger partial charge in [0.05, 0.1) is 18.1 Å². The summed E-state index contributed by atoms with van der Waals surface area (Å²) in [6.07, 6.45) is 0. The van der Waals surface area contributed by atoms with Crippen LogP contribution in [0.4, 0.5) is 5.69 Å². The molecule has 1 aromatic rings. The van der Waals surface area contributed by atoms with E-state index in [1.807, 2.05) is 0 Å². The number of non-ortho nitro benzene ring substituents is 1. The summed E-state index contributed by atoms with van der Waals surface area (Å²) in [5.41, 5.74) is 2.35. The van der Waals surface area contributed by atoms with Crippen LogP contribution in [0.3, 0.4) is 0 Å². The molecule has 134 valence electrons. The molecule has 1 aromatic carbocycles. The van der Waals surface area contributed by atoms with Crippen molar-refractivity contribution in [3.63, 3.8) is 0 Å². The molecule has 9 heteroatoms. The summed E-state index contributed by atoms with van der Waals surface area (Å²) in [6, 6.07) is 4.95. The summed E-state index contributed by atoms with van der Waals surface area (Å²) >= 11 is 0. The molecule has 2 rings (SSSR count). The summed E-state index contributed by atoms with van der Waals surface area (Å²) in [5.74, 6) is -2.40. The van der Waals surface area contributed by atoms with E-state index in [9.17, 15) is 19.7 Å². The maximum absolute atomic E-state index is 12.6. The van der Waals surface area contributed by atoms with Gasteiger partial charge in [0.25, 0.3) is 5.69 Å². The summed E-state index contributed by atoms with van der Waals surface area (Å²) in [5, 5.41) is 14.7. The Hall–Kier alpha value is -2.97. The topological polar surface area (TPSA) is 120 Å². The van der Waals surface area contributed by atoms with Gasteiger partial charge in [0, 0.05) is 12.1 Å². The molecule has 2 unspecified atom stereocenters. The summed E-state index contributed by atoms with van der Waals surface area (Å²) < 4.78 is 10.1. The molecule has 1 aliphatic heterocycles. The standard InChI is InChI=1S/C16H19N3O6/c1-16(2,3)25-14(20)11-12(17-18-13(11)15(21)24-4)9-5-7-10(8-6-9)19(22)23/h5-8,11-12,17H,1-4H3. The number of ether oxygens (including phenoxy) is 2. The van der Waals surface area contributed by atoms with E-state index in [4.69, 9.17) is 4.74 Å². The van der Waals surface area contributed by atoms with Crippen molar-refractivity contribution in [3.8, 4) is 0 Å². The number of carbonyl (C=O) groups excluding carboxylic acids is 2. The van der Waals surface area contributed by atoms with Crippen molar-refractivity contribution in [1.82, 2.24) is 5.43 Å². The number of rotatable bonds is 4. The van der Waals surface area contributed by atoms with E-state index in [2.05, 4.69) is 15.3 Å². The van der Waals surface area contributed by atoms with Crippen molar-refractivity contribution in [3.05, 3.63) is 39.9 Å². The van der Waals surface area contributed by atoms with Crippen molar-refractivity contribution in [2.75, 3.05) is 7.11 Å². The summed E-state index contributed by atoms with van der Waals surface area (Å²) in [4.78, 5) is 34.8. The Morgan fingerprint density at radius 3 is 2.32 bits per heavy atom. The zero-order valence-corrected chi connectivity index (χ0v) is 14.3. The molecule has 0 saturated carbocycles. The van der Waals surface area contributed by atoms with Crippen LogP contribution in [0.2, 0.25) is 0 Å². The van der Waals surface area contributed by atoms with Crippen molar-refractivity contribution < 1.29 is 24.0 Å². The quantitative estimate of drug-likeness (QED) is 0.499. The van der Waals surface area contributed by atoms with Crippen LogP contribution in [-0.2, 0) is 19.1 Å². The van der Waals surface area contributed by atoms with E-state index in [0.29, 0.717) is 5.56 Å². The predicted molar refractivity (Wildman–Crippen MR) is 87.8 cm³/mol. The average molecular weight is 349 g/mol. The Kier molecular flexibility index (Phi) is 5.05. The molecule has 9 nitrogen and oxygen atoms in total. The van der Waals surface area contributed by atoms with Crippen LogP contribution >= 0.6 is 0 Å². The van der Waals surface area contributed by atoms with Gasteiger partial charge in [0.15, 0.2) is 5.71 Å². The third-order valence-electron chi connectivity index (χ3n) is 3.47. The van der Waals surface area contributed by atoms with Gasteiger partial charge >= 0.3 is 11.9 Å². The molecule has 1 aliphatic rings. The Morgan fingerprint density at radius 2 is 1.84 bits per heavy atom. The van der Waals surface area contributed by atoms with Gasteiger partial charge in [-0.15, -0.1) is 0 Å². The van der Waals surface area contributed by atoms with E-state index in [-0.39, 0.29) is 11.4 Å². The number of esters is 2. The molecule has 0 fully saturated rings. The summed E-state index contributed by atoms with van der Waals surface area (Å²) in [7, 11) is 1.19. The highest BCUT2D eigenvalue weighted by Gasteiger charge is 2.44. The minimum atomic E-state index is -1.02. The van der Waals surface area contributed by atoms with Crippen LogP contribution < -0.4 is 5.43 Å². The molecule has 0 spiro atoms. The van der Waals surface area contributed by atoms with Crippen molar-refractivity contribution in [2.45, 2.75) is 32.4 Å². The van der Waals surface area contributed by atoms with Gasteiger partial charge in [-0.2, -0.15) is 5.10 Å². The second kappa shape index (κ2) is 6.88. The van der Waals surface area contributed by atoms with Gasteiger partial charge in [0.2, 0.25) is 0 Å². The number of nitrogens with zero attached hydrogens (tertiary/aromatic N) is 2. The number of methoxy groups -OCH3 is 1. The molecule has 0 saturated heterocycles. The number of nitrogens with one attached hydrogen (secondary N) is 1. The molecule has 1 N–H and O–H groups in total. The molecule has 0 aromatic heterocycles. The lowest BCUT2D eigenvalue weighted by atomic mass is 9.90. The fourth-order valence-corrected chi connectivity index (χ4v) is 2.40. The first-order chi connectivity index (χ1) is 11.6. The molecule has 25 heavy (non-hydrogen) atoms. The molecule has 0 radical (unpaired) electrons. The molecule has 1 heterocycles. The van der Waals surface area contributed by atoms with Crippen molar-refractivity contribution >= 4 is 23.3 Å². The van der Waals surface area contributed by atoms with Crippen LogP contribution in [0.25, 0.3) is 0 Å². The van der Waals surface area contributed by atoms with Gasteiger partial charge in [-0.1, -0.05) is 12.1 Å². The van der Waals surface area contributed by atoms with Gasteiger partial charge < -0.3 is 14.9 Å². The van der Waals surface area contributed by atoms with E-state index >= 15 is 0 Å². The minimum absolute atomic E-state index is 0.0790. The zero-order valence-electron chi connectivity index (χ0n) is 14.3. The predicted octanol–water partition coefficient (Wildman–Crippen LogP) is 1.73. The van der Waals surface area contributed by atoms with Gasteiger partial charge in [-0.05, 0) is 26.3 Å². The highest BCUT2D eigenvalue weighted by molar-refractivity contribution is 6.41. The monoisotopic (exact) mass is 349 g/mol. The maximum Gasteiger partial charge on any atom is 0.355 e. The molecule has 0 amide bonds. The molecule has 0 aliphatic carbocycles. The third-order valence-corrected chi connectivity index (χ3v) is 3.47. The lowest BCUT2D eigenvalue weighted by Crippen LogP contribution is -2.38. The lowest BCUT2D eigenvalue weighted by molar-refractivity contribution is -0.384. The fraction of sp³-hybridized carbons (Fsp3) is 0.438. The smallest absolute Gasteiger partial charge is 0.355 e. The van der Waals surface area contributed by atoms with E-state index in [1.165, 1.54) is 31.4 Å². The number of hydrogen-bond donors (Lipinski definition) is 1. The molecule has 2 atom stereocenters. The number of hydrazone groups is 1. The largest absolute Gasteiger partial charge is 0.464 e. The SMILES string of the molecule is COC(=O)C1=NNC(c2ccc([N+](=O)[O-])cc2)C1C(=O)OC(C)(C)C. The number of carbonyl (C=O) groups is 2. The van der Waals surface area contributed by atoms with Gasteiger partial charge in [-0.25, -0.2) is 4.79 Å². The van der Waals surface area contributed by atoms with Crippen molar-refractivity contribution in [1.29, 1.82) is 0 Å². The third kappa shape index (κ3) is 4.11. The number of nitro groups is 1. The first-order valence-corrected chi connectivity index (χ1v) is 7.52. The Balaban J connectivity index is 2.34. The first-order valence-electron chi connectivity index (χ1n) is 7.52. The second-order valence-electron chi connectivity index (χ2n) is 6.46. The fourth-order valence-electron chi connectivity index (χ4n) is 2.40. The van der Waals surface area contributed by atoms with Crippen LogP contribution in [0.5, 0.6) is 0 Å². The number of hydrogen-bond acceptors (Lipinski definition) is 8. The van der Waals surface area contributed by atoms with E-state index in [1.54, 1.807) is 20.8 Å². The highest BCUT2D eigenvalue weighted by atomic mass is 16.6. The average Bonchev–Trinajstić information content (AvgIpc) is 2.97. The van der Waals surface area contributed by atoms with Crippen LogP contribution in [0.15, 0.2) is 29.4 Å².